The fourth-order valence-electron chi connectivity index (χ4n) is 4.22. The zero-order valence-electron chi connectivity index (χ0n) is 15.3. The number of hydrogen-bond acceptors (Lipinski definition) is 5. The summed E-state index contributed by atoms with van der Waals surface area (Å²) in [6.07, 6.45) is 2.56. The lowest BCUT2D eigenvalue weighted by Crippen LogP contribution is -2.24. The summed E-state index contributed by atoms with van der Waals surface area (Å²) in [6, 6.07) is 10.6. The highest BCUT2D eigenvalue weighted by atomic mass is 32.2. The van der Waals surface area contributed by atoms with Gasteiger partial charge in [0, 0.05) is 18.8 Å². The van der Waals surface area contributed by atoms with E-state index in [-0.39, 0.29) is 35.8 Å². The minimum atomic E-state index is -2.97. The molecule has 144 valence electrons. The molecule has 0 aliphatic carbocycles. The molecule has 2 aliphatic rings. The Hall–Kier alpha value is -2.22. The second-order valence-corrected chi connectivity index (χ2v) is 9.84. The van der Waals surface area contributed by atoms with Crippen LogP contribution in [-0.2, 0) is 21.1 Å². The van der Waals surface area contributed by atoms with Gasteiger partial charge in [0.1, 0.15) is 5.82 Å². The second-order valence-electron chi connectivity index (χ2n) is 7.61. The number of nitrogens with zero attached hydrogens (tertiary/aromatic N) is 3. The molecular formula is C19H24N4O3S. The van der Waals surface area contributed by atoms with Gasteiger partial charge in [0.25, 0.3) is 0 Å². The minimum Gasteiger partial charge on any atom is -0.293 e. The number of rotatable bonds is 4. The van der Waals surface area contributed by atoms with E-state index >= 15 is 0 Å². The molecule has 0 radical (unpaired) electrons. The van der Waals surface area contributed by atoms with Gasteiger partial charge in [-0.3, -0.25) is 10.1 Å². The van der Waals surface area contributed by atoms with Crippen LogP contribution in [0.25, 0.3) is 0 Å². The molecule has 0 bridgehead atoms. The maximum absolute atomic E-state index is 12.3. The van der Waals surface area contributed by atoms with Crippen LogP contribution < -0.4 is 5.32 Å². The summed E-state index contributed by atoms with van der Waals surface area (Å²) in [6.45, 7) is 2.13. The Balaban J connectivity index is 1.43. The molecule has 1 aromatic carbocycles. The van der Waals surface area contributed by atoms with Gasteiger partial charge in [-0.1, -0.05) is 30.3 Å². The fourth-order valence-corrected chi connectivity index (χ4v) is 6.08. The van der Waals surface area contributed by atoms with E-state index in [0.717, 1.165) is 18.7 Å². The van der Waals surface area contributed by atoms with Crippen LogP contribution in [0.4, 0.5) is 5.95 Å². The summed E-state index contributed by atoms with van der Waals surface area (Å²) in [5, 5.41) is 7.26. The van der Waals surface area contributed by atoms with Gasteiger partial charge in [-0.15, -0.1) is 5.10 Å². The molecule has 7 nitrogen and oxygen atoms in total. The van der Waals surface area contributed by atoms with Crippen LogP contribution in [0.1, 0.15) is 49.5 Å². The monoisotopic (exact) mass is 388 g/mol. The van der Waals surface area contributed by atoms with Crippen LogP contribution in [0.15, 0.2) is 30.3 Å². The van der Waals surface area contributed by atoms with Crippen molar-refractivity contribution in [1.29, 1.82) is 0 Å². The first-order valence-corrected chi connectivity index (χ1v) is 11.2. The normalized spacial score (nSPS) is 26.5. The molecule has 1 saturated heterocycles. The van der Waals surface area contributed by atoms with Crippen LogP contribution in [0, 0.1) is 5.92 Å². The van der Waals surface area contributed by atoms with Crippen LogP contribution in [-0.4, -0.2) is 40.6 Å². The smallest absolute Gasteiger partial charge is 0.248 e. The lowest BCUT2D eigenvalue weighted by molar-refractivity contribution is -0.116. The van der Waals surface area contributed by atoms with Gasteiger partial charge in [-0.25, -0.2) is 13.1 Å². The number of fused-ring (bicyclic) bond motifs is 1. The molecule has 3 unspecified atom stereocenters. The molecule has 3 heterocycles. The molecule has 0 saturated carbocycles. The van der Waals surface area contributed by atoms with E-state index in [9.17, 15) is 13.2 Å². The molecule has 2 aromatic rings. The highest BCUT2D eigenvalue weighted by Crippen LogP contribution is 2.37. The third-order valence-corrected chi connectivity index (χ3v) is 7.47. The first-order chi connectivity index (χ1) is 12.9. The molecule has 0 spiro atoms. The van der Waals surface area contributed by atoms with E-state index in [0.29, 0.717) is 18.3 Å². The van der Waals surface area contributed by atoms with Crippen molar-refractivity contribution in [3.63, 3.8) is 0 Å². The SMILES string of the molecule is CC1C(c2ccccc2)CCc2nc(NC(=O)CC3CCS(=O)(=O)C3)nn21. The lowest BCUT2D eigenvalue weighted by Gasteiger charge is -2.29. The van der Waals surface area contributed by atoms with E-state index in [4.69, 9.17) is 0 Å². The van der Waals surface area contributed by atoms with Crippen molar-refractivity contribution in [2.45, 2.75) is 44.6 Å². The average molecular weight is 388 g/mol. The van der Waals surface area contributed by atoms with E-state index in [1.54, 1.807) is 0 Å². The van der Waals surface area contributed by atoms with Crippen molar-refractivity contribution in [3.05, 3.63) is 41.7 Å². The molecule has 1 aromatic heterocycles. The topological polar surface area (TPSA) is 93.9 Å². The highest BCUT2D eigenvalue weighted by Gasteiger charge is 2.31. The maximum Gasteiger partial charge on any atom is 0.248 e. The number of anilines is 1. The number of amides is 1. The van der Waals surface area contributed by atoms with E-state index in [2.05, 4.69) is 34.5 Å². The Morgan fingerprint density at radius 3 is 2.74 bits per heavy atom. The number of aromatic nitrogens is 3. The Bertz CT molecular complexity index is 939. The summed E-state index contributed by atoms with van der Waals surface area (Å²) < 4.78 is 25.0. The van der Waals surface area contributed by atoms with Gasteiger partial charge in [0.05, 0.1) is 17.5 Å². The molecule has 4 rings (SSSR count). The highest BCUT2D eigenvalue weighted by molar-refractivity contribution is 7.91. The van der Waals surface area contributed by atoms with Gasteiger partial charge >= 0.3 is 0 Å². The number of carbonyl (C=O) groups excluding carboxylic acids is 1. The predicted octanol–water partition coefficient (Wildman–Crippen LogP) is 2.33. The number of aryl methyl sites for hydroxylation is 1. The molecule has 27 heavy (non-hydrogen) atoms. The fraction of sp³-hybridized carbons (Fsp3) is 0.526. The Morgan fingerprint density at radius 2 is 2.04 bits per heavy atom. The summed E-state index contributed by atoms with van der Waals surface area (Å²) >= 11 is 0. The van der Waals surface area contributed by atoms with E-state index < -0.39 is 9.84 Å². The number of sulfone groups is 1. The van der Waals surface area contributed by atoms with Crippen molar-refractivity contribution in [1.82, 2.24) is 14.8 Å². The van der Waals surface area contributed by atoms with Crippen molar-refractivity contribution >= 4 is 21.7 Å². The molecule has 2 aliphatic heterocycles. The number of benzene rings is 1. The Morgan fingerprint density at radius 1 is 1.26 bits per heavy atom. The third kappa shape index (κ3) is 3.90. The van der Waals surface area contributed by atoms with Crippen molar-refractivity contribution in [2.24, 2.45) is 5.92 Å². The summed E-state index contributed by atoms with van der Waals surface area (Å²) in [5.74, 6) is 1.53. The van der Waals surface area contributed by atoms with Crippen molar-refractivity contribution < 1.29 is 13.2 Å². The minimum absolute atomic E-state index is 0.101. The number of nitrogens with one attached hydrogen (secondary N) is 1. The first kappa shape index (κ1) is 18.2. The number of carbonyl (C=O) groups is 1. The van der Waals surface area contributed by atoms with Gasteiger partial charge in [-0.05, 0) is 31.2 Å². The lowest BCUT2D eigenvalue weighted by atomic mass is 9.86. The standard InChI is InChI=1S/C19H24N4O3S/c1-13-16(15-5-3-2-4-6-15)7-8-17-20-19(22-23(13)17)21-18(24)11-14-9-10-27(25,26)12-14/h2-6,13-14,16H,7-12H2,1H3,(H,21,22,24). The van der Waals surface area contributed by atoms with Gasteiger partial charge < -0.3 is 0 Å². The average Bonchev–Trinajstić information content (AvgIpc) is 3.18. The zero-order valence-corrected chi connectivity index (χ0v) is 16.2. The van der Waals surface area contributed by atoms with Gasteiger partial charge in [0.2, 0.25) is 11.9 Å². The van der Waals surface area contributed by atoms with Crippen molar-refractivity contribution in [2.75, 3.05) is 16.8 Å². The molecular weight excluding hydrogens is 364 g/mol. The quantitative estimate of drug-likeness (QED) is 0.868. The third-order valence-electron chi connectivity index (χ3n) is 5.63. The first-order valence-electron chi connectivity index (χ1n) is 9.42. The zero-order chi connectivity index (χ0) is 19.0. The van der Waals surface area contributed by atoms with Crippen LogP contribution >= 0.6 is 0 Å². The van der Waals surface area contributed by atoms with Crippen LogP contribution in [0.3, 0.4) is 0 Å². The van der Waals surface area contributed by atoms with Crippen LogP contribution in [0.2, 0.25) is 0 Å². The molecule has 8 heteroatoms. The van der Waals surface area contributed by atoms with Gasteiger partial charge in [-0.2, -0.15) is 4.98 Å². The summed E-state index contributed by atoms with van der Waals surface area (Å²) in [5.41, 5.74) is 1.29. The molecule has 1 N–H and O–H groups in total. The Kier molecular flexibility index (Phi) is 4.75. The van der Waals surface area contributed by atoms with E-state index in [1.165, 1.54) is 5.56 Å². The number of hydrogen-bond donors (Lipinski definition) is 1. The molecule has 1 fully saturated rings. The van der Waals surface area contributed by atoms with Gasteiger partial charge in [0.15, 0.2) is 9.84 Å². The Labute approximate surface area is 159 Å². The summed E-state index contributed by atoms with van der Waals surface area (Å²) in [4.78, 5) is 16.7. The maximum atomic E-state index is 12.3. The van der Waals surface area contributed by atoms with E-state index in [1.807, 2.05) is 22.9 Å². The second kappa shape index (κ2) is 7.07. The largest absolute Gasteiger partial charge is 0.293 e. The molecule has 1 amide bonds. The van der Waals surface area contributed by atoms with Crippen LogP contribution in [0.5, 0.6) is 0 Å². The predicted molar refractivity (Wildman–Crippen MR) is 102 cm³/mol. The molecule has 3 atom stereocenters. The summed E-state index contributed by atoms with van der Waals surface area (Å²) in [7, 11) is -2.97. The van der Waals surface area contributed by atoms with Crippen molar-refractivity contribution in [3.8, 4) is 0 Å².